The van der Waals surface area contributed by atoms with Crippen LogP contribution in [-0.4, -0.2) is 54.2 Å². The van der Waals surface area contributed by atoms with Gasteiger partial charge >= 0.3 is 0 Å². The van der Waals surface area contributed by atoms with Gasteiger partial charge in [-0.05, 0) is 30.6 Å². The molecule has 23 heavy (non-hydrogen) atoms. The van der Waals surface area contributed by atoms with Gasteiger partial charge in [-0.2, -0.15) is 0 Å². The molecule has 1 aliphatic carbocycles. The number of hydrogen-bond donors (Lipinski definition) is 1. The van der Waals surface area contributed by atoms with Gasteiger partial charge in [-0.25, -0.2) is 0 Å². The minimum atomic E-state index is -0.458. The molecule has 0 aromatic carbocycles. The number of piperidine rings is 1. The van der Waals surface area contributed by atoms with E-state index < -0.39 is 6.10 Å². The Bertz CT molecular complexity index is 385. The summed E-state index contributed by atoms with van der Waals surface area (Å²) in [6, 6.07) is 0. The predicted molar refractivity (Wildman–Crippen MR) is 92.3 cm³/mol. The molecule has 2 fully saturated rings. The average Bonchev–Trinajstić information content (AvgIpc) is 2.48. The van der Waals surface area contributed by atoms with Crippen molar-refractivity contribution in [2.45, 2.75) is 65.6 Å². The van der Waals surface area contributed by atoms with Gasteiger partial charge in [0.2, 0.25) is 0 Å². The highest BCUT2D eigenvalue weighted by molar-refractivity contribution is 5.81. The molecule has 0 bridgehead atoms. The number of carbonyl (C=O) groups is 1. The molecule has 0 aromatic rings. The summed E-state index contributed by atoms with van der Waals surface area (Å²) >= 11 is 0. The molecule has 2 aliphatic rings. The van der Waals surface area contributed by atoms with Crippen LogP contribution in [0.4, 0.5) is 0 Å². The molecule has 134 valence electrons. The minimum Gasteiger partial charge on any atom is -0.389 e. The first-order valence-electron chi connectivity index (χ1n) is 9.41. The molecule has 4 heteroatoms. The van der Waals surface area contributed by atoms with Crippen molar-refractivity contribution < 1.29 is 14.6 Å². The van der Waals surface area contributed by atoms with E-state index in [1.165, 1.54) is 12.8 Å². The van der Waals surface area contributed by atoms with Crippen LogP contribution in [-0.2, 0) is 9.53 Å². The SMILES string of the molecule is CC1CCC(C(C)C)C(OCC(O)CN2CCC(=O)C(C)C2)C1. The van der Waals surface area contributed by atoms with Gasteiger partial charge in [0.25, 0.3) is 0 Å². The average molecular weight is 325 g/mol. The van der Waals surface area contributed by atoms with Crippen LogP contribution in [0.1, 0.15) is 53.4 Å². The zero-order valence-electron chi connectivity index (χ0n) is 15.3. The lowest BCUT2D eigenvalue weighted by molar-refractivity contribution is -0.126. The summed E-state index contributed by atoms with van der Waals surface area (Å²) < 4.78 is 6.13. The Balaban J connectivity index is 1.76. The number of ether oxygens (including phenoxy) is 1. The number of likely N-dealkylation sites (tertiary alicyclic amines) is 1. The number of aliphatic hydroxyl groups is 1. The summed E-state index contributed by atoms with van der Waals surface area (Å²) in [7, 11) is 0. The van der Waals surface area contributed by atoms with E-state index in [2.05, 4.69) is 25.7 Å². The van der Waals surface area contributed by atoms with Gasteiger partial charge in [0.1, 0.15) is 5.78 Å². The number of ketones is 1. The highest BCUT2D eigenvalue weighted by Crippen LogP contribution is 2.35. The van der Waals surface area contributed by atoms with Crippen LogP contribution in [0.25, 0.3) is 0 Å². The van der Waals surface area contributed by atoms with Gasteiger partial charge < -0.3 is 9.84 Å². The first kappa shape index (κ1) is 18.9. The number of Topliss-reactive ketones (excluding diaryl/α,β-unsaturated/α-hetero) is 1. The zero-order valence-corrected chi connectivity index (χ0v) is 15.3. The maximum atomic E-state index is 11.6. The molecular formula is C19H35NO3. The molecule has 1 heterocycles. The largest absolute Gasteiger partial charge is 0.389 e. The lowest BCUT2D eigenvalue weighted by atomic mass is 9.75. The van der Waals surface area contributed by atoms with E-state index in [9.17, 15) is 9.90 Å². The molecule has 2 rings (SSSR count). The third-order valence-corrected chi connectivity index (χ3v) is 5.69. The summed E-state index contributed by atoms with van der Waals surface area (Å²) in [6.07, 6.45) is 4.10. The Morgan fingerprint density at radius 3 is 2.70 bits per heavy atom. The van der Waals surface area contributed by atoms with Gasteiger partial charge in [0, 0.05) is 32.0 Å². The van der Waals surface area contributed by atoms with Gasteiger partial charge in [0.05, 0.1) is 18.8 Å². The van der Waals surface area contributed by atoms with Crippen molar-refractivity contribution in [3.8, 4) is 0 Å². The van der Waals surface area contributed by atoms with Crippen molar-refractivity contribution in [2.75, 3.05) is 26.2 Å². The summed E-state index contributed by atoms with van der Waals surface area (Å²) in [4.78, 5) is 13.8. The van der Waals surface area contributed by atoms with Gasteiger partial charge in [0.15, 0.2) is 0 Å². The summed E-state index contributed by atoms with van der Waals surface area (Å²) in [5.41, 5.74) is 0. The van der Waals surface area contributed by atoms with Crippen molar-refractivity contribution in [3.05, 3.63) is 0 Å². The zero-order chi connectivity index (χ0) is 17.0. The molecule has 0 aromatic heterocycles. The number of rotatable bonds is 6. The topological polar surface area (TPSA) is 49.8 Å². The molecule has 5 unspecified atom stereocenters. The first-order chi connectivity index (χ1) is 10.9. The van der Waals surface area contributed by atoms with Crippen LogP contribution in [0.2, 0.25) is 0 Å². The number of β-amino-alcohol motifs (C(OH)–C–C–N with tert-alkyl or cyclic N) is 1. The molecule has 1 saturated carbocycles. The lowest BCUT2D eigenvalue weighted by Crippen LogP contribution is -2.45. The van der Waals surface area contributed by atoms with Gasteiger partial charge in [-0.15, -0.1) is 0 Å². The normalized spacial score (nSPS) is 34.8. The van der Waals surface area contributed by atoms with Crippen LogP contribution >= 0.6 is 0 Å². The lowest BCUT2D eigenvalue weighted by Gasteiger charge is -2.38. The predicted octanol–water partition coefficient (Wildman–Crippen LogP) is 2.74. The number of nitrogens with zero attached hydrogens (tertiary/aromatic N) is 1. The number of hydrogen-bond acceptors (Lipinski definition) is 4. The maximum Gasteiger partial charge on any atom is 0.138 e. The summed E-state index contributed by atoms with van der Waals surface area (Å²) in [5, 5.41) is 10.3. The van der Waals surface area contributed by atoms with Crippen LogP contribution in [0, 0.1) is 23.7 Å². The molecule has 1 N–H and O–H groups in total. The van der Waals surface area contributed by atoms with Crippen LogP contribution in [0.15, 0.2) is 0 Å². The first-order valence-corrected chi connectivity index (χ1v) is 9.41. The van der Waals surface area contributed by atoms with E-state index in [4.69, 9.17) is 4.74 Å². The van der Waals surface area contributed by atoms with Crippen molar-refractivity contribution in [1.82, 2.24) is 4.90 Å². The molecule has 0 spiro atoms. The Hall–Kier alpha value is -0.450. The highest BCUT2D eigenvalue weighted by atomic mass is 16.5. The third-order valence-electron chi connectivity index (χ3n) is 5.69. The third kappa shape index (κ3) is 5.54. The Labute approximate surface area is 141 Å². The standard InChI is InChI=1S/C19H35NO3/c1-13(2)17-6-5-14(3)9-19(17)23-12-16(21)11-20-8-7-18(22)15(4)10-20/h13-17,19,21H,5-12H2,1-4H3. The molecule has 1 saturated heterocycles. The second kappa shape index (κ2) is 8.59. The van der Waals surface area contributed by atoms with E-state index in [1.807, 2.05) is 6.92 Å². The fourth-order valence-corrected chi connectivity index (χ4v) is 4.15. The van der Waals surface area contributed by atoms with Crippen LogP contribution < -0.4 is 0 Å². The Kier molecular flexibility index (Phi) is 7.05. The Morgan fingerprint density at radius 1 is 1.30 bits per heavy atom. The second-order valence-corrected chi connectivity index (χ2v) is 8.23. The van der Waals surface area contributed by atoms with Crippen LogP contribution in [0.5, 0.6) is 0 Å². The molecular weight excluding hydrogens is 290 g/mol. The quantitative estimate of drug-likeness (QED) is 0.816. The molecule has 1 aliphatic heterocycles. The van der Waals surface area contributed by atoms with Crippen molar-refractivity contribution in [3.63, 3.8) is 0 Å². The van der Waals surface area contributed by atoms with Crippen LogP contribution in [0.3, 0.4) is 0 Å². The maximum absolute atomic E-state index is 11.6. The highest BCUT2D eigenvalue weighted by Gasteiger charge is 2.32. The minimum absolute atomic E-state index is 0.0985. The molecule has 0 radical (unpaired) electrons. The molecule has 4 nitrogen and oxygen atoms in total. The van der Waals surface area contributed by atoms with E-state index in [-0.39, 0.29) is 12.0 Å². The van der Waals surface area contributed by atoms with Crippen molar-refractivity contribution >= 4 is 5.78 Å². The van der Waals surface area contributed by atoms with E-state index >= 15 is 0 Å². The van der Waals surface area contributed by atoms with E-state index in [0.29, 0.717) is 37.2 Å². The van der Waals surface area contributed by atoms with Gasteiger partial charge in [-0.3, -0.25) is 9.69 Å². The van der Waals surface area contributed by atoms with E-state index in [1.54, 1.807) is 0 Å². The number of carbonyl (C=O) groups excluding carboxylic acids is 1. The van der Waals surface area contributed by atoms with Crippen molar-refractivity contribution in [2.24, 2.45) is 23.7 Å². The second-order valence-electron chi connectivity index (χ2n) is 8.23. The fourth-order valence-electron chi connectivity index (χ4n) is 4.15. The monoisotopic (exact) mass is 325 g/mol. The fraction of sp³-hybridized carbons (Fsp3) is 0.947. The molecule has 0 amide bonds. The summed E-state index contributed by atoms with van der Waals surface area (Å²) in [5.74, 6) is 2.43. The smallest absolute Gasteiger partial charge is 0.138 e. The van der Waals surface area contributed by atoms with E-state index in [0.717, 1.165) is 25.4 Å². The summed E-state index contributed by atoms with van der Waals surface area (Å²) in [6.45, 7) is 11.4. The molecule has 5 atom stereocenters. The van der Waals surface area contributed by atoms with Gasteiger partial charge in [-0.1, -0.05) is 34.1 Å². The van der Waals surface area contributed by atoms with Crippen molar-refractivity contribution in [1.29, 1.82) is 0 Å². The Morgan fingerprint density at radius 2 is 2.04 bits per heavy atom. The number of aliphatic hydroxyl groups excluding tert-OH is 1.